The van der Waals surface area contributed by atoms with Gasteiger partial charge in [0.25, 0.3) is 0 Å². The summed E-state index contributed by atoms with van der Waals surface area (Å²) in [5, 5.41) is 10.4. The lowest BCUT2D eigenvalue weighted by Gasteiger charge is -2.34. The van der Waals surface area contributed by atoms with E-state index in [4.69, 9.17) is 15.0 Å². The van der Waals surface area contributed by atoms with Crippen LogP contribution >= 0.6 is 0 Å². The van der Waals surface area contributed by atoms with Gasteiger partial charge in [-0.3, -0.25) is 9.89 Å². The standard InChI is InChI=1S/C37H30N8/c1-2-4-25(5-3-1)36-37(43-34-18-32-31(39-22-40-32)17-33(34)42-36)26-8-6-23(7-9-26)21-45-14-12-24(13-15-45)28-16-27-10-11-30-29(20-41-44-30)35(27)38-19-28/h1-11,16-20,22,24,28H,12-15,21H2,(H,39,40). The highest BCUT2D eigenvalue weighted by atomic mass is 15.2. The SMILES string of the molecule is C1=NN=c2ccc3c(c21)N=CC(C1CCN(Cc2ccc(-c4nc5cc6nc[nH]c6cc5nc4-c4ccccc4)cc2)CC1)C=3. The summed E-state index contributed by atoms with van der Waals surface area (Å²) in [6.45, 7) is 3.12. The Morgan fingerprint density at radius 1 is 0.800 bits per heavy atom. The summed E-state index contributed by atoms with van der Waals surface area (Å²) in [4.78, 5) is 25.3. The zero-order valence-electron chi connectivity index (χ0n) is 24.6. The van der Waals surface area contributed by atoms with Gasteiger partial charge in [-0.05, 0) is 60.8 Å². The zero-order valence-corrected chi connectivity index (χ0v) is 24.6. The molecule has 3 aliphatic heterocycles. The molecule has 1 atom stereocenters. The molecule has 0 saturated carbocycles. The molecule has 5 heterocycles. The third-order valence-corrected chi connectivity index (χ3v) is 9.39. The van der Waals surface area contributed by atoms with Crippen LogP contribution in [0.25, 0.3) is 50.7 Å². The number of likely N-dealkylation sites (tertiary alicyclic amines) is 1. The van der Waals surface area contributed by atoms with E-state index in [1.54, 1.807) is 6.33 Å². The lowest BCUT2D eigenvalue weighted by molar-refractivity contribution is 0.171. The second-order valence-corrected chi connectivity index (χ2v) is 12.2. The minimum absolute atomic E-state index is 0.373. The number of rotatable bonds is 5. The Morgan fingerprint density at radius 2 is 1.58 bits per heavy atom. The van der Waals surface area contributed by atoms with Crippen LogP contribution in [0.1, 0.15) is 24.0 Å². The minimum Gasteiger partial charge on any atom is -0.345 e. The summed E-state index contributed by atoms with van der Waals surface area (Å²) >= 11 is 0. The van der Waals surface area contributed by atoms with Gasteiger partial charge in [-0.2, -0.15) is 10.2 Å². The molecular formula is C37H30N8. The Balaban J connectivity index is 0.927. The first-order chi connectivity index (χ1) is 22.2. The molecule has 0 radical (unpaired) electrons. The van der Waals surface area contributed by atoms with Crippen LogP contribution in [0, 0.1) is 11.8 Å². The van der Waals surface area contributed by atoms with E-state index in [-0.39, 0.29) is 0 Å². The maximum Gasteiger partial charge on any atom is 0.0973 e. The molecule has 0 bridgehead atoms. The Hall–Kier alpha value is -5.34. The molecule has 9 rings (SSSR count). The van der Waals surface area contributed by atoms with Crippen LogP contribution in [0.5, 0.6) is 0 Å². The number of fused-ring (bicyclic) bond motifs is 5. The average molecular weight is 587 g/mol. The maximum absolute atomic E-state index is 5.13. The summed E-state index contributed by atoms with van der Waals surface area (Å²) in [5.41, 5.74) is 10.8. The number of aromatic nitrogens is 4. The van der Waals surface area contributed by atoms with E-state index in [1.807, 2.05) is 36.5 Å². The van der Waals surface area contributed by atoms with Gasteiger partial charge in [0.15, 0.2) is 0 Å². The highest BCUT2D eigenvalue weighted by Gasteiger charge is 2.26. The van der Waals surface area contributed by atoms with E-state index in [0.29, 0.717) is 11.8 Å². The predicted octanol–water partition coefficient (Wildman–Crippen LogP) is 5.83. The van der Waals surface area contributed by atoms with Crippen molar-refractivity contribution < 1.29 is 0 Å². The van der Waals surface area contributed by atoms with Crippen molar-refractivity contribution in [1.82, 2.24) is 24.8 Å². The molecule has 4 aromatic carbocycles. The molecule has 1 unspecified atom stereocenters. The number of nitrogens with one attached hydrogen (secondary N) is 1. The van der Waals surface area contributed by atoms with Crippen LogP contribution in [0.3, 0.4) is 0 Å². The summed E-state index contributed by atoms with van der Waals surface area (Å²) in [7, 11) is 0. The molecule has 45 heavy (non-hydrogen) atoms. The van der Waals surface area contributed by atoms with E-state index in [1.165, 1.54) is 23.6 Å². The Kier molecular flexibility index (Phi) is 6.19. The molecule has 3 aliphatic rings. The number of aromatic amines is 1. The van der Waals surface area contributed by atoms with Crippen molar-refractivity contribution >= 4 is 46.3 Å². The van der Waals surface area contributed by atoms with Crippen molar-refractivity contribution in [2.24, 2.45) is 27.0 Å². The second kappa shape index (κ2) is 10.7. The smallest absolute Gasteiger partial charge is 0.0973 e. The number of benzene rings is 4. The van der Waals surface area contributed by atoms with Crippen molar-refractivity contribution in [3.63, 3.8) is 0 Å². The van der Waals surface area contributed by atoms with Gasteiger partial charge in [0.05, 0.1) is 57.0 Å². The number of aliphatic imine (C=N–C) groups is 1. The van der Waals surface area contributed by atoms with Gasteiger partial charge in [-0.25, -0.2) is 15.0 Å². The van der Waals surface area contributed by atoms with Crippen molar-refractivity contribution in [2.45, 2.75) is 19.4 Å². The molecule has 1 N–H and O–H groups in total. The van der Waals surface area contributed by atoms with Crippen molar-refractivity contribution in [1.29, 1.82) is 0 Å². The van der Waals surface area contributed by atoms with E-state index in [0.717, 1.165) is 80.8 Å². The molecule has 2 aromatic heterocycles. The molecule has 1 saturated heterocycles. The van der Waals surface area contributed by atoms with Crippen LogP contribution < -0.4 is 10.6 Å². The highest BCUT2D eigenvalue weighted by molar-refractivity contribution is 5.94. The van der Waals surface area contributed by atoms with Gasteiger partial charge in [0, 0.05) is 35.4 Å². The number of hydrogen-bond donors (Lipinski definition) is 1. The van der Waals surface area contributed by atoms with Crippen molar-refractivity contribution in [3.05, 3.63) is 107 Å². The highest BCUT2D eigenvalue weighted by Crippen LogP contribution is 2.33. The third kappa shape index (κ3) is 4.74. The predicted molar refractivity (Wildman–Crippen MR) is 179 cm³/mol. The largest absolute Gasteiger partial charge is 0.345 e. The minimum atomic E-state index is 0.373. The maximum atomic E-state index is 5.13. The molecule has 0 spiro atoms. The van der Waals surface area contributed by atoms with E-state index >= 15 is 0 Å². The molecule has 0 amide bonds. The van der Waals surface area contributed by atoms with Gasteiger partial charge in [-0.15, -0.1) is 0 Å². The Morgan fingerprint density at radius 3 is 2.40 bits per heavy atom. The molecule has 1 fully saturated rings. The van der Waals surface area contributed by atoms with Gasteiger partial charge < -0.3 is 4.98 Å². The van der Waals surface area contributed by atoms with Crippen LogP contribution in [0.15, 0.2) is 100 Å². The fraction of sp³-hybridized carbons (Fsp3) is 0.189. The van der Waals surface area contributed by atoms with E-state index in [9.17, 15) is 0 Å². The molecule has 8 heteroatoms. The summed E-state index contributed by atoms with van der Waals surface area (Å²) in [5.74, 6) is 0.982. The third-order valence-electron chi connectivity index (χ3n) is 9.39. The lowest BCUT2D eigenvalue weighted by atomic mass is 9.83. The van der Waals surface area contributed by atoms with Gasteiger partial charge in [0.1, 0.15) is 0 Å². The fourth-order valence-electron chi connectivity index (χ4n) is 6.93. The summed E-state index contributed by atoms with van der Waals surface area (Å²) < 4.78 is 0. The zero-order chi connectivity index (χ0) is 29.7. The number of piperidine rings is 1. The monoisotopic (exact) mass is 586 g/mol. The number of imidazole rings is 1. The van der Waals surface area contributed by atoms with Crippen LogP contribution in [-0.2, 0) is 6.54 Å². The molecule has 8 nitrogen and oxygen atoms in total. The quantitative estimate of drug-likeness (QED) is 0.275. The van der Waals surface area contributed by atoms with Gasteiger partial charge in [0.2, 0.25) is 0 Å². The van der Waals surface area contributed by atoms with Gasteiger partial charge in [-0.1, -0.05) is 66.7 Å². The number of hydrogen-bond acceptors (Lipinski definition) is 7. The Labute approximate surface area is 259 Å². The average Bonchev–Trinajstić information content (AvgIpc) is 3.77. The van der Waals surface area contributed by atoms with Gasteiger partial charge >= 0.3 is 0 Å². The Bertz CT molecular complexity index is 2260. The first-order valence-electron chi connectivity index (χ1n) is 15.6. The van der Waals surface area contributed by atoms with Crippen LogP contribution in [-0.4, -0.2) is 50.4 Å². The number of nitrogens with zero attached hydrogens (tertiary/aromatic N) is 7. The molecule has 0 aliphatic carbocycles. The normalized spacial score (nSPS) is 17.7. The van der Waals surface area contributed by atoms with Crippen LogP contribution in [0.2, 0.25) is 0 Å². The fourth-order valence-corrected chi connectivity index (χ4v) is 6.93. The topological polar surface area (TPSA) is 94.8 Å². The first kappa shape index (κ1) is 26.1. The molecule has 6 aromatic rings. The molecule has 218 valence electrons. The summed E-state index contributed by atoms with van der Waals surface area (Å²) in [6, 6.07) is 27.4. The second-order valence-electron chi connectivity index (χ2n) is 12.2. The van der Waals surface area contributed by atoms with E-state index in [2.05, 4.69) is 85.9 Å². The van der Waals surface area contributed by atoms with Crippen molar-refractivity contribution in [3.8, 4) is 22.5 Å². The first-order valence-corrected chi connectivity index (χ1v) is 15.6. The lowest BCUT2D eigenvalue weighted by Crippen LogP contribution is -2.36. The van der Waals surface area contributed by atoms with Crippen molar-refractivity contribution in [2.75, 3.05) is 13.1 Å². The molecular weight excluding hydrogens is 556 g/mol. The summed E-state index contributed by atoms with van der Waals surface area (Å²) in [6.07, 6.45) is 10.4. The van der Waals surface area contributed by atoms with E-state index < -0.39 is 0 Å². The van der Waals surface area contributed by atoms with Crippen LogP contribution in [0.4, 0.5) is 5.69 Å². The number of H-pyrrole nitrogens is 1.